The molecule has 1 aliphatic rings. The van der Waals surface area contributed by atoms with E-state index < -0.39 is 0 Å². The van der Waals surface area contributed by atoms with Crippen molar-refractivity contribution in [1.82, 2.24) is 5.32 Å². The predicted octanol–water partition coefficient (Wildman–Crippen LogP) is 0.358. The van der Waals surface area contributed by atoms with E-state index in [0.717, 1.165) is 31.8 Å². The van der Waals surface area contributed by atoms with E-state index in [2.05, 4.69) is 5.32 Å². The van der Waals surface area contributed by atoms with Gasteiger partial charge in [-0.2, -0.15) is 0 Å². The maximum atomic E-state index is 13.6. The van der Waals surface area contributed by atoms with Crippen molar-refractivity contribution in [2.24, 2.45) is 0 Å². The summed E-state index contributed by atoms with van der Waals surface area (Å²) in [4.78, 5) is 0. The lowest BCUT2D eigenvalue weighted by molar-refractivity contribution is -0.00000661. The lowest BCUT2D eigenvalue weighted by Crippen LogP contribution is -3.00. The zero-order valence-corrected chi connectivity index (χ0v) is 12.4. The van der Waals surface area contributed by atoms with Gasteiger partial charge in [-0.3, -0.25) is 0 Å². The lowest BCUT2D eigenvalue weighted by Gasteiger charge is -2.09. The molecule has 2 aromatic rings. The molecule has 0 bridgehead atoms. The van der Waals surface area contributed by atoms with E-state index in [1.165, 1.54) is 6.07 Å². The fourth-order valence-electron chi connectivity index (χ4n) is 2.44. The van der Waals surface area contributed by atoms with Crippen molar-refractivity contribution in [2.75, 3.05) is 13.2 Å². The Labute approximate surface area is 129 Å². The highest BCUT2D eigenvalue weighted by Crippen LogP contribution is 2.24. The van der Waals surface area contributed by atoms with Gasteiger partial charge in [0.2, 0.25) is 0 Å². The first-order valence-electron chi connectivity index (χ1n) is 6.99. The monoisotopic (exact) mass is 310 g/mol. The predicted molar refractivity (Wildman–Crippen MR) is 74.8 cm³/mol. The van der Waals surface area contributed by atoms with Gasteiger partial charge in [0.1, 0.15) is 17.3 Å². The minimum absolute atomic E-state index is 0. The number of furan rings is 1. The minimum atomic E-state index is -0.263. The van der Waals surface area contributed by atoms with E-state index in [9.17, 15) is 4.39 Å². The maximum Gasteiger partial charge on any atom is 0.137 e. The zero-order valence-electron chi connectivity index (χ0n) is 11.6. The van der Waals surface area contributed by atoms with E-state index in [1.54, 1.807) is 18.2 Å². The molecule has 0 aliphatic carbocycles. The molecule has 1 aliphatic heterocycles. The Kier molecular flexibility index (Phi) is 5.79. The second-order valence-electron chi connectivity index (χ2n) is 5.01. The summed E-state index contributed by atoms with van der Waals surface area (Å²) >= 11 is 0. The van der Waals surface area contributed by atoms with Crippen LogP contribution in [-0.4, -0.2) is 19.3 Å². The Balaban J connectivity index is 0.00000161. The van der Waals surface area contributed by atoms with Crippen LogP contribution in [0.3, 0.4) is 0 Å². The standard InChI is InChI=1S/C16H18FNO2.ClH/c17-15-6-2-1-5-14(15)16-8-7-13(20-16)11-18-10-12-4-3-9-19-12;/h1-2,5-8,12,18H,3-4,9-11H2;1H/p-1. The SMILES string of the molecule is Fc1ccccc1-c1ccc(CNCC2CCCO2)o1.[Cl-]. The number of nitrogens with one attached hydrogen (secondary N) is 1. The molecule has 114 valence electrons. The molecular weight excluding hydrogens is 293 g/mol. The van der Waals surface area contributed by atoms with E-state index in [0.29, 0.717) is 24.0 Å². The van der Waals surface area contributed by atoms with Crippen molar-refractivity contribution in [1.29, 1.82) is 0 Å². The third-order valence-corrected chi connectivity index (χ3v) is 3.50. The van der Waals surface area contributed by atoms with Gasteiger partial charge in [0.25, 0.3) is 0 Å². The molecule has 1 fully saturated rings. The van der Waals surface area contributed by atoms with Gasteiger partial charge in [-0.25, -0.2) is 4.39 Å². The molecule has 5 heteroatoms. The van der Waals surface area contributed by atoms with E-state index in [4.69, 9.17) is 9.15 Å². The van der Waals surface area contributed by atoms with E-state index >= 15 is 0 Å². The molecule has 1 aromatic heterocycles. The van der Waals surface area contributed by atoms with Crippen LogP contribution in [0.2, 0.25) is 0 Å². The number of hydrogen-bond acceptors (Lipinski definition) is 3. The largest absolute Gasteiger partial charge is 1.00 e. The molecule has 1 unspecified atom stereocenters. The molecule has 0 radical (unpaired) electrons. The van der Waals surface area contributed by atoms with Crippen LogP contribution < -0.4 is 17.7 Å². The van der Waals surface area contributed by atoms with Crippen LogP contribution >= 0.6 is 0 Å². The highest BCUT2D eigenvalue weighted by Gasteiger charge is 2.15. The Bertz CT molecular complexity index is 567. The van der Waals surface area contributed by atoms with Crippen molar-refractivity contribution in [3.05, 3.63) is 48.0 Å². The Hall–Kier alpha value is -1.36. The Morgan fingerprint density at radius 3 is 2.81 bits per heavy atom. The average Bonchev–Trinajstić information content (AvgIpc) is 3.11. The Morgan fingerprint density at radius 2 is 2.05 bits per heavy atom. The molecule has 0 spiro atoms. The van der Waals surface area contributed by atoms with Crippen LogP contribution in [0.1, 0.15) is 18.6 Å². The van der Waals surface area contributed by atoms with Crippen molar-refractivity contribution in [2.45, 2.75) is 25.5 Å². The van der Waals surface area contributed by atoms with Gasteiger partial charge in [-0.15, -0.1) is 0 Å². The number of benzene rings is 1. The van der Waals surface area contributed by atoms with E-state index in [1.807, 2.05) is 12.1 Å². The fraction of sp³-hybridized carbons (Fsp3) is 0.375. The fourth-order valence-corrected chi connectivity index (χ4v) is 2.44. The quantitative estimate of drug-likeness (QED) is 0.866. The minimum Gasteiger partial charge on any atom is -1.00 e. The first kappa shape index (κ1) is 16.0. The first-order valence-corrected chi connectivity index (χ1v) is 6.99. The van der Waals surface area contributed by atoms with Gasteiger partial charge in [-0.1, -0.05) is 12.1 Å². The summed E-state index contributed by atoms with van der Waals surface area (Å²) in [5.41, 5.74) is 0.498. The average molecular weight is 311 g/mol. The summed E-state index contributed by atoms with van der Waals surface area (Å²) in [5.74, 6) is 1.11. The number of rotatable bonds is 5. The van der Waals surface area contributed by atoms with Crippen LogP contribution in [0.15, 0.2) is 40.8 Å². The van der Waals surface area contributed by atoms with Crippen LogP contribution in [0.5, 0.6) is 0 Å². The molecular formula is C16H18ClFNO2-. The molecule has 1 N–H and O–H groups in total. The summed E-state index contributed by atoms with van der Waals surface area (Å²) in [6, 6.07) is 10.3. The number of halogens is 2. The third-order valence-electron chi connectivity index (χ3n) is 3.50. The van der Waals surface area contributed by atoms with Crippen LogP contribution in [0.4, 0.5) is 4.39 Å². The number of hydrogen-bond donors (Lipinski definition) is 1. The van der Waals surface area contributed by atoms with E-state index in [-0.39, 0.29) is 18.2 Å². The molecule has 3 rings (SSSR count). The highest BCUT2D eigenvalue weighted by molar-refractivity contribution is 5.58. The van der Waals surface area contributed by atoms with Gasteiger partial charge in [-0.05, 0) is 37.1 Å². The second kappa shape index (κ2) is 7.59. The van der Waals surface area contributed by atoms with Crippen LogP contribution in [0, 0.1) is 5.82 Å². The highest BCUT2D eigenvalue weighted by atomic mass is 35.5. The zero-order chi connectivity index (χ0) is 13.8. The van der Waals surface area contributed by atoms with Gasteiger partial charge in [0, 0.05) is 13.2 Å². The van der Waals surface area contributed by atoms with Crippen molar-refractivity contribution in [3.63, 3.8) is 0 Å². The summed E-state index contributed by atoms with van der Waals surface area (Å²) in [5, 5.41) is 3.31. The molecule has 21 heavy (non-hydrogen) atoms. The van der Waals surface area contributed by atoms with Crippen molar-refractivity contribution < 1.29 is 26.0 Å². The summed E-state index contributed by atoms with van der Waals surface area (Å²) in [6.07, 6.45) is 2.58. The van der Waals surface area contributed by atoms with Gasteiger partial charge >= 0.3 is 0 Å². The molecule has 0 saturated carbocycles. The van der Waals surface area contributed by atoms with Crippen molar-refractivity contribution >= 4 is 0 Å². The lowest BCUT2D eigenvalue weighted by atomic mass is 10.1. The topological polar surface area (TPSA) is 34.4 Å². The third kappa shape index (κ3) is 4.06. The molecule has 0 amide bonds. The van der Waals surface area contributed by atoms with Gasteiger partial charge in [0.05, 0.1) is 18.2 Å². The van der Waals surface area contributed by atoms with Crippen LogP contribution in [0.25, 0.3) is 11.3 Å². The van der Waals surface area contributed by atoms with Gasteiger partial charge in [0.15, 0.2) is 0 Å². The number of ether oxygens (including phenoxy) is 1. The van der Waals surface area contributed by atoms with Gasteiger partial charge < -0.3 is 26.9 Å². The summed E-state index contributed by atoms with van der Waals surface area (Å²) < 4.78 is 24.9. The normalized spacial score (nSPS) is 17.7. The molecule has 3 nitrogen and oxygen atoms in total. The first-order chi connectivity index (χ1) is 9.83. The smallest absolute Gasteiger partial charge is 0.137 e. The van der Waals surface area contributed by atoms with Crippen LogP contribution in [-0.2, 0) is 11.3 Å². The maximum absolute atomic E-state index is 13.6. The molecule has 1 aromatic carbocycles. The summed E-state index contributed by atoms with van der Waals surface area (Å²) in [6.45, 7) is 2.33. The second-order valence-corrected chi connectivity index (χ2v) is 5.01. The Morgan fingerprint density at radius 1 is 1.19 bits per heavy atom. The molecule has 2 heterocycles. The van der Waals surface area contributed by atoms with Crippen molar-refractivity contribution in [3.8, 4) is 11.3 Å². The molecule has 1 atom stereocenters. The molecule has 1 saturated heterocycles. The summed E-state index contributed by atoms with van der Waals surface area (Å²) in [7, 11) is 0.